The van der Waals surface area contributed by atoms with E-state index in [4.69, 9.17) is 9.84 Å². The van der Waals surface area contributed by atoms with Crippen LogP contribution in [-0.2, 0) is 4.79 Å². The second-order valence-electron chi connectivity index (χ2n) is 3.54. The van der Waals surface area contributed by atoms with Crippen LogP contribution in [0.2, 0.25) is 0 Å². The molecule has 1 aromatic rings. The Morgan fingerprint density at radius 1 is 1.56 bits per heavy atom. The molecule has 1 N–H and O–H groups in total. The van der Waals surface area contributed by atoms with E-state index in [-0.39, 0.29) is 5.92 Å². The van der Waals surface area contributed by atoms with Crippen LogP contribution in [0, 0.1) is 5.92 Å². The van der Waals surface area contributed by atoms with Crippen molar-refractivity contribution in [3.05, 3.63) is 28.7 Å². The van der Waals surface area contributed by atoms with E-state index >= 15 is 0 Å². The SMILES string of the molecule is CCC(CCOc1cccc(Br)c1)C(=O)O. The van der Waals surface area contributed by atoms with Gasteiger partial charge in [0.2, 0.25) is 0 Å². The van der Waals surface area contributed by atoms with Crippen molar-refractivity contribution >= 4 is 21.9 Å². The highest BCUT2D eigenvalue weighted by Crippen LogP contribution is 2.18. The Kier molecular flexibility index (Phi) is 5.32. The van der Waals surface area contributed by atoms with Gasteiger partial charge < -0.3 is 9.84 Å². The first-order valence-corrected chi connectivity index (χ1v) is 6.04. The molecule has 0 aliphatic carbocycles. The van der Waals surface area contributed by atoms with Gasteiger partial charge in [-0.3, -0.25) is 4.79 Å². The Morgan fingerprint density at radius 3 is 2.88 bits per heavy atom. The van der Waals surface area contributed by atoms with Gasteiger partial charge in [-0.2, -0.15) is 0 Å². The predicted octanol–water partition coefficient (Wildman–Crippen LogP) is 3.33. The molecular formula is C12H15BrO3. The maximum Gasteiger partial charge on any atom is 0.306 e. The van der Waals surface area contributed by atoms with E-state index in [1.165, 1.54) is 0 Å². The first kappa shape index (κ1) is 13.0. The molecule has 0 aliphatic rings. The molecule has 0 radical (unpaired) electrons. The highest BCUT2D eigenvalue weighted by molar-refractivity contribution is 9.10. The molecule has 1 aromatic carbocycles. The van der Waals surface area contributed by atoms with Gasteiger partial charge in [0, 0.05) is 4.47 Å². The minimum absolute atomic E-state index is 0.313. The summed E-state index contributed by atoms with van der Waals surface area (Å²) in [5, 5.41) is 8.85. The van der Waals surface area contributed by atoms with E-state index in [9.17, 15) is 4.79 Å². The third-order valence-electron chi connectivity index (χ3n) is 2.37. The number of ether oxygens (including phenoxy) is 1. The lowest BCUT2D eigenvalue weighted by molar-refractivity contribution is -0.142. The largest absolute Gasteiger partial charge is 0.494 e. The fraction of sp³-hybridized carbons (Fsp3) is 0.417. The average Bonchev–Trinajstić information content (AvgIpc) is 2.24. The van der Waals surface area contributed by atoms with Crippen LogP contribution in [0.4, 0.5) is 0 Å². The Labute approximate surface area is 104 Å². The first-order chi connectivity index (χ1) is 7.63. The lowest BCUT2D eigenvalue weighted by atomic mass is 10.0. The quantitative estimate of drug-likeness (QED) is 0.873. The molecule has 0 spiro atoms. The summed E-state index contributed by atoms with van der Waals surface area (Å²) in [5.41, 5.74) is 0. The molecule has 3 nitrogen and oxygen atoms in total. The summed E-state index contributed by atoms with van der Waals surface area (Å²) in [6.07, 6.45) is 1.18. The summed E-state index contributed by atoms with van der Waals surface area (Å²) in [7, 11) is 0. The Bertz CT molecular complexity index is 352. The van der Waals surface area contributed by atoms with E-state index in [1.54, 1.807) is 0 Å². The van der Waals surface area contributed by atoms with Crippen molar-refractivity contribution in [2.45, 2.75) is 19.8 Å². The molecule has 0 fully saturated rings. The van der Waals surface area contributed by atoms with E-state index in [1.807, 2.05) is 31.2 Å². The van der Waals surface area contributed by atoms with Crippen molar-refractivity contribution in [1.29, 1.82) is 0 Å². The van der Waals surface area contributed by atoms with Crippen molar-refractivity contribution < 1.29 is 14.6 Å². The molecule has 4 heteroatoms. The van der Waals surface area contributed by atoms with Gasteiger partial charge in [-0.25, -0.2) is 0 Å². The van der Waals surface area contributed by atoms with Crippen LogP contribution in [0.1, 0.15) is 19.8 Å². The summed E-state index contributed by atoms with van der Waals surface area (Å²) in [6, 6.07) is 7.51. The van der Waals surface area contributed by atoms with Gasteiger partial charge in [0.1, 0.15) is 5.75 Å². The fourth-order valence-electron chi connectivity index (χ4n) is 1.38. The van der Waals surface area contributed by atoms with Gasteiger partial charge in [-0.1, -0.05) is 28.9 Å². The molecule has 1 atom stereocenters. The second kappa shape index (κ2) is 6.53. The minimum atomic E-state index is -0.750. The number of aliphatic carboxylic acids is 1. The Balaban J connectivity index is 2.38. The summed E-state index contributed by atoms with van der Waals surface area (Å²) in [4.78, 5) is 10.8. The molecule has 1 unspecified atom stereocenters. The number of rotatable bonds is 6. The van der Waals surface area contributed by atoms with Gasteiger partial charge in [0.25, 0.3) is 0 Å². The second-order valence-corrected chi connectivity index (χ2v) is 4.45. The van der Waals surface area contributed by atoms with E-state index in [0.717, 1.165) is 10.2 Å². The maximum atomic E-state index is 10.8. The van der Waals surface area contributed by atoms with Gasteiger partial charge in [0.05, 0.1) is 12.5 Å². The van der Waals surface area contributed by atoms with Gasteiger partial charge in [-0.05, 0) is 31.0 Å². The topological polar surface area (TPSA) is 46.5 Å². The molecule has 0 aliphatic heterocycles. The number of carboxylic acid groups (broad SMARTS) is 1. The van der Waals surface area contributed by atoms with Gasteiger partial charge in [0.15, 0.2) is 0 Å². The van der Waals surface area contributed by atoms with Crippen LogP contribution in [0.3, 0.4) is 0 Å². The van der Waals surface area contributed by atoms with Gasteiger partial charge in [-0.15, -0.1) is 0 Å². The predicted molar refractivity (Wildman–Crippen MR) is 65.7 cm³/mol. The zero-order valence-electron chi connectivity index (χ0n) is 9.15. The molecule has 1 rings (SSSR count). The lowest BCUT2D eigenvalue weighted by Crippen LogP contribution is -2.15. The molecule has 0 aromatic heterocycles. The number of carbonyl (C=O) groups is 1. The van der Waals surface area contributed by atoms with Crippen LogP contribution in [0.5, 0.6) is 5.75 Å². The number of carboxylic acids is 1. The first-order valence-electron chi connectivity index (χ1n) is 5.24. The average molecular weight is 287 g/mol. The highest BCUT2D eigenvalue weighted by Gasteiger charge is 2.14. The molecular weight excluding hydrogens is 272 g/mol. The van der Waals surface area contributed by atoms with Crippen LogP contribution < -0.4 is 4.74 Å². The van der Waals surface area contributed by atoms with Crippen LogP contribution in [0.25, 0.3) is 0 Å². The zero-order valence-corrected chi connectivity index (χ0v) is 10.7. The van der Waals surface area contributed by atoms with Crippen molar-refractivity contribution in [1.82, 2.24) is 0 Å². The van der Waals surface area contributed by atoms with Crippen molar-refractivity contribution in [3.8, 4) is 5.75 Å². The molecule has 0 heterocycles. The fourth-order valence-corrected chi connectivity index (χ4v) is 1.76. The third-order valence-corrected chi connectivity index (χ3v) is 2.87. The van der Waals surface area contributed by atoms with Crippen molar-refractivity contribution in [2.24, 2.45) is 5.92 Å². The molecule has 0 bridgehead atoms. The Hall–Kier alpha value is -1.03. The maximum absolute atomic E-state index is 10.8. The Morgan fingerprint density at radius 2 is 2.31 bits per heavy atom. The summed E-state index contributed by atoms with van der Waals surface area (Å²) >= 11 is 3.35. The minimum Gasteiger partial charge on any atom is -0.494 e. The summed E-state index contributed by atoms with van der Waals surface area (Å²) in [5.74, 6) is -0.304. The van der Waals surface area contributed by atoms with E-state index in [0.29, 0.717) is 19.4 Å². The standard InChI is InChI=1S/C12H15BrO3/c1-2-9(12(14)15)6-7-16-11-5-3-4-10(13)8-11/h3-5,8-9H,2,6-7H2,1H3,(H,14,15). The van der Waals surface area contributed by atoms with Crippen molar-refractivity contribution in [2.75, 3.05) is 6.61 Å². The highest BCUT2D eigenvalue weighted by atomic mass is 79.9. The molecule has 0 amide bonds. The van der Waals surface area contributed by atoms with Gasteiger partial charge >= 0.3 is 5.97 Å². The van der Waals surface area contributed by atoms with Crippen LogP contribution in [0.15, 0.2) is 28.7 Å². The van der Waals surface area contributed by atoms with E-state index in [2.05, 4.69) is 15.9 Å². The molecule has 0 saturated heterocycles. The van der Waals surface area contributed by atoms with Crippen LogP contribution in [-0.4, -0.2) is 17.7 Å². The number of hydrogen-bond acceptors (Lipinski definition) is 2. The monoisotopic (exact) mass is 286 g/mol. The molecule has 88 valence electrons. The smallest absolute Gasteiger partial charge is 0.306 e. The summed E-state index contributed by atoms with van der Waals surface area (Å²) < 4.78 is 6.43. The lowest BCUT2D eigenvalue weighted by Gasteiger charge is -2.10. The molecule has 16 heavy (non-hydrogen) atoms. The van der Waals surface area contributed by atoms with E-state index < -0.39 is 5.97 Å². The normalized spacial score (nSPS) is 12.1. The van der Waals surface area contributed by atoms with Crippen molar-refractivity contribution in [3.63, 3.8) is 0 Å². The molecule has 0 saturated carbocycles. The zero-order chi connectivity index (χ0) is 12.0. The number of hydrogen-bond donors (Lipinski definition) is 1. The number of halogens is 1. The number of benzene rings is 1. The summed E-state index contributed by atoms with van der Waals surface area (Å²) in [6.45, 7) is 2.30. The third kappa shape index (κ3) is 4.23. The van der Waals surface area contributed by atoms with Crippen LogP contribution >= 0.6 is 15.9 Å².